The molecule has 1 aromatic rings. The standard InChI is InChI=1S/C16H25N3O2/c1-6-18-14(20)11-7-8-12(10(2)9-11)19-15(21)13(17)16(3,4)5/h7-9,13H,6,17H2,1-5H3,(H,18,20)(H,19,21)/t13-/m1/s1. The number of nitrogens with two attached hydrogens (primary N) is 1. The molecule has 0 aliphatic heterocycles. The summed E-state index contributed by atoms with van der Waals surface area (Å²) >= 11 is 0. The van der Waals surface area contributed by atoms with E-state index in [-0.39, 0.29) is 17.2 Å². The molecule has 0 saturated carbocycles. The third-order valence-electron chi connectivity index (χ3n) is 3.30. The molecule has 0 fully saturated rings. The lowest BCUT2D eigenvalue weighted by Gasteiger charge is -2.26. The quantitative estimate of drug-likeness (QED) is 0.794. The van der Waals surface area contributed by atoms with E-state index >= 15 is 0 Å². The lowest BCUT2D eigenvalue weighted by atomic mass is 9.87. The Morgan fingerprint density at radius 2 is 1.90 bits per heavy atom. The van der Waals surface area contributed by atoms with Gasteiger partial charge in [0.15, 0.2) is 0 Å². The minimum Gasteiger partial charge on any atom is -0.352 e. The molecule has 1 atom stereocenters. The number of rotatable bonds is 4. The third kappa shape index (κ3) is 4.56. The Morgan fingerprint density at radius 1 is 1.29 bits per heavy atom. The predicted octanol–water partition coefficient (Wildman–Crippen LogP) is 2.06. The molecule has 5 heteroatoms. The summed E-state index contributed by atoms with van der Waals surface area (Å²) < 4.78 is 0. The van der Waals surface area contributed by atoms with E-state index in [9.17, 15) is 9.59 Å². The van der Waals surface area contributed by atoms with Crippen LogP contribution in [0.15, 0.2) is 18.2 Å². The van der Waals surface area contributed by atoms with E-state index in [0.29, 0.717) is 17.8 Å². The molecular formula is C16H25N3O2. The summed E-state index contributed by atoms with van der Waals surface area (Å²) in [7, 11) is 0. The van der Waals surface area contributed by atoms with Crippen molar-refractivity contribution in [2.45, 2.75) is 40.7 Å². The Balaban J connectivity index is 2.87. The highest BCUT2D eigenvalue weighted by molar-refractivity contribution is 5.98. The van der Waals surface area contributed by atoms with Crippen molar-refractivity contribution in [1.82, 2.24) is 5.32 Å². The van der Waals surface area contributed by atoms with Crippen molar-refractivity contribution in [2.24, 2.45) is 11.1 Å². The number of nitrogens with one attached hydrogen (secondary N) is 2. The molecule has 21 heavy (non-hydrogen) atoms. The zero-order valence-electron chi connectivity index (χ0n) is 13.4. The monoisotopic (exact) mass is 291 g/mol. The molecule has 0 bridgehead atoms. The van der Waals surface area contributed by atoms with Crippen molar-refractivity contribution in [3.8, 4) is 0 Å². The van der Waals surface area contributed by atoms with Gasteiger partial charge in [0.25, 0.3) is 5.91 Å². The Morgan fingerprint density at radius 3 is 2.38 bits per heavy atom. The molecule has 0 aliphatic carbocycles. The highest BCUT2D eigenvalue weighted by Gasteiger charge is 2.27. The number of carbonyl (C=O) groups is 2. The average Bonchev–Trinajstić information content (AvgIpc) is 2.39. The van der Waals surface area contributed by atoms with Crippen LogP contribution in [0.1, 0.15) is 43.6 Å². The fourth-order valence-corrected chi connectivity index (χ4v) is 1.81. The molecule has 1 aromatic carbocycles. The van der Waals surface area contributed by atoms with Gasteiger partial charge in [-0.1, -0.05) is 20.8 Å². The van der Waals surface area contributed by atoms with Gasteiger partial charge in [0.05, 0.1) is 6.04 Å². The highest BCUT2D eigenvalue weighted by atomic mass is 16.2. The fourth-order valence-electron chi connectivity index (χ4n) is 1.81. The zero-order chi connectivity index (χ0) is 16.2. The number of hydrogen-bond donors (Lipinski definition) is 3. The van der Waals surface area contributed by atoms with E-state index in [1.165, 1.54) is 0 Å². The topological polar surface area (TPSA) is 84.2 Å². The summed E-state index contributed by atoms with van der Waals surface area (Å²) in [4.78, 5) is 23.9. The van der Waals surface area contributed by atoms with Crippen LogP contribution in [0.2, 0.25) is 0 Å². The number of benzene rings is 1. The van der Waals surface area contributed by atoms with E-state index in [4.69, 9.17) is 5.73 Å². The van der Waals surface area contributed by atoms with Gasteiger partial charge >= 0.3 is 0 Å². The van der Waals surface area contributed by atoms with E-state index in [1.54, 1.807) is 18.2 Å². The van der Waals surface area contributed by atoms with Crippen molar-refractivity contribution in [3.63, 3.8) is 0 Å². The van der Waals surface area contributed by atoms with Crippen molar-refractivity contribution in [1.29, 1.82) is 0 Å². The van der Waals surface area contributed by atoms with Gasteiger partial charge in [-0.3, -0.25) is 9.59 Å². The van der Waals surface area contributed by atoms with Crippen LogP contribution >= 0.6 is 0 Å². The van der Waals surface area contributed by atoms with Gasteiger partial charge < -0.3 is 16.4 Å². The van der Waals surface area contributed by atoms with E-state index < -0.39 is 6.04 Å². The van der Waals surface area contributed by atoms with Crippen LogP contribution in [0.4, 0.5) is 5.69 Å². The lowest BCUT2D eigenvalue weighted by Crippen LogP contribution is -2.45. The Kier molecular flexibility index (Phi) is 5.49. The smallest absolute Gasteiger partial charge is 0.251 e. The number of anilines is 1. The van der Waals surface area contributed by atoms with Crippen LogP contribution in [-0.2, 0) is 4.79 Å². The normalized spacial score (nSPS) is 12.7. The maximum atomic E-state index is 12.1. The minimum absolute atomic E-state index is 0.120. The molecule has 0 unspecified atom stereocenters. The first-order chi connectivity index (χ1) is 9.66. The number of carbonyl (C=O) groups excluding carboxylic acids is 2. The summed E-state index contributed by atoms with van der Waals surface area (Å²) in [5, 5.41) is 5.56. The van der Waals surface area contributed by atoms with Crippen LogP contribution in [0.5, 0.6) is 0 Å². The van der Waals surface area contributed by atoms with Crippen LogP contribution in [-0.4, -0.2) is 24.4 Å². The van der Waals surface area contributed by atoms with Crippen LogP contribution in [0.3, 0.4) is 0 Å². The maximum absolute atomic E-state index is 12.1. The van der Waals surface area contributed by atoms with Gasteiger partial charge in [0.1, 0.15) is 0 Å². The van der Waals surface area contributed by atoms with Gasteiger partial charge in [0.2, 0.25) is 5.91 Å². The number of aryl methyl sites for hydroxylation is 1. The second kappa shape index (κ2) is 6.72. The zero-order valence-corrected chi connectivity index (χ0v) is 13.4. The number of amides is 2. The molecule has 116 valence electrons. The summed E-state index contributed by atoms with van der Waals surface area (Å²) in [6, 6.07) is 4.58. The second-order valence-corrected chi connectivity index (χ2v) is 6.22. The molecule has 2 amide bonds. The van der Waals surface area contributed by atoms with Crippen LogP contribution < -0.4 is 16.4 Å². The first-order valence-corrected chi connectivity index (χ1v) is 7.12. The van der Waals surface area contributed by atoms with Crippen molar-refractivity contribution >= 4 is 17.5 Å². The molecule has 1 rings (SSSR count). The molecule has 0 heterocycles. The largest absolute Gasteiger partial charge is 0.352 e. The molecule has 4 N–H and O–H groups in total. The Labute approximate surface area is 126 Å². The predicted molar refractivity (Wildman–Crippen MR) is 85.2 cm³/mol. The van der Waals surface area contributed by atoms with E-state index in [1.807, 2.05) is 34.6 Å². The SMILES string of the molecule is CCNC(=O)c1ccc(NC(=O)[C@@H](N)C(C)(C)C)c(C)c1. The van der Waals surface area contributed by atoms with Gasteiger partial charge in [0, 0.05) is 17.8 Å². The third-order valence-corrected chi connectivity index (χ3v) is 3.30. The first-order valence-electron chi connectivity index (χ1n) is 7.12. The molecule has 0 spiro atoms. The molecule has 0 aliphatic rings. The van der Waals surface area contributed by atoms with Gasteiger partial charge in [-0.15, -0.1) is 0 Å². The molecule has 5 nitrogen and oxygen atoms in total. The van der Waals surface area contributed by atoms with Gasteiger partial charge in [-0.05, 0) is 43.0 Å². The fraction of sp³-hybridized carbons (Fsp3) is 0.500. The molecule has 0 radical (unpaired) electrons. The Bertz CT molecular complexity index is 533. The highest BCUT2D eigenvalue weighted by Crippen LogP contribution is 2.21. The maximum Gasteiger partial charge on any atom is 0.251 e. The van der Waals surface area contributed by atoms with E-state index in [0.717, 1.165) is 5.56 Å². The van der Waals surface area contributed by atoms with Crippen LogP contribution in [0.25, 0.3) is 0 Å². The van der Waals surface area contributed by atoms with E-state index in [2.05, 4.69) is 10.6 Å². The molecule has 0 saturated heterocycles. The summed E-state index contributed by atoms with van der Waals surface area (Å²) in [5.74, 6) is -0.346. The lowest BCUT2D eigenvalue weighted by molar-refractivity contribution is -0.119. The molecule has 0 aromatic heterocycles. The summed E-state index contributed by atoms with van der Waals surface area (Å²) in [6.07, 6.45) is 0. The first kappa shape index (κ1) is 17.2. The minimum atomic E-state index is -0.597. The van der Waals surface area contributed by atoms with Gasteiger partial charge in [-0.25, -0.2) is 0 Å². The average molecular weight is 291 g/mol. The second-order valence-electron chi connectivity index (χ2n) is 6.22. The van der Waals surface area contributed by atoms with Crippen molar-refractivity contribution in [2.75, 3.05) is 11.9 Å². The van der Waals surface area contributed by atoms with Crippen molar-refractivity contribution in [3.05, 3.63) is 29.3 Å². The van der Waals surface area contributed by atoms with Crippen LogP contribution in [0, 0.1) is 12.3 Å². The molecular weight excluding hydrogens is 266 g/mol. The Hall–Kier alpha value is -1.88. The number of hydrogen-bond acceptors (Lipinski definition) is 3. The summed E-state index contributed by atoms with van der Waals surface area (Å²) in [6.45, 7) is 10.1. The van der Waals surface area contributed by atoms with Gasteiger partial charge in [-0.2, -0.15) is 0 Å². The van der Waals surface area contributed by atoms with Crippen molar-refractivity contribution < 1.29 is 9.59 Å². The summed E-state index contributed by atoms with van der Waals surface area (Å²) in [5.41, 5.74) is 7.70.